The third kappa shape index (κ3) is 3.82. The van der Waals surface area contributed by atoms with Gasteiger partial charge < -0.3 is 10.1 Å². The molecule has 0 saturated carbocycles. The maximum absolute atomic E-state index is 15.1. The predicted octanol–water partition coefficient (Wildman–Crippen LogP) is 4.22. The zero-order valence-electron chi connectivity index (χ0n) is 19.5. The van der Waals surface area contributed by atoms with Crippen molar-refractivity contribution < 1.29 is 17.5 Å². The second kappa shape index (κ2) is 8.71. The summed E-state index contributed by atoms with van der Waals surface area (Å²) < 4.78 is 49.3. The second-order valence-corrected chi connectivity index (χ2v) is 11.0. The van der Waals surface area contributed by atoms with E-state index in [2.05, 4.69) is 25.4 Å². The van der Waals surface area contributed by atoms with E-state index in [9.17, 15) is 8.42 Å². The number of nitrogens with zero attached hydrogens (tertiary/aromatic N) is 6. The van der Waals surface area contributed by atoms with E-state index >= 15 is 4.39 Å². The fourth-order valence-corrected chi connectivity index (χ4v) is 6.03. The Morgan fingerprint density at radius 1 is 1.25 bits per heavy atom. The molecule has 4 heterocycles. The molecule has 0 aromatic carbocycles. The lowest BCUT2D eigenvalue weighted by atomic mass is 10.0. The van der Waals surface area contributed by atoms with Gasteiger partial charge in [0, 0.05) is 30.4 Å². The molecule has 0 radical (unpaired) electrons. The molecule has 1 unspecified atom stereocenters. The fourth-order valence-electron chi connectivity index (χ4n) is 4.05. The lowest BCUT2D eigenvalue weighted by Gasteiger charge is -2.27. The molecule has 1 atom stereocenters. The van der Waals surface area contributed by atoms with Gasteiger partial charge in [-0.3, -0.25) is 4.68 Å². The number of hydrogen-bond acceptors (Lipinski definition) is 8. The minimum absolute atomic E-state index is 0.0332. The number of aromatic nitrogens is 6. The largest absolute Gasteiger partial charge is 0.478 e. The Kier molecular flexibility index (Phi) is 5.80. The SMILES string of the molecule is COc1nn(C)cc1Nc1ncc(F)c(-c2cn(S(=O)(=O)C3(C)C=CC=CC3)c3c(Cl)nccc23)n1. The highest BCUT2D eigenvalue weighted by Crippen LogP contribution is 2.39. The van der Waals surface area contributed by atoms with Crippen LogP contribution in [0.1, 0.15) is 13.3 Å². The van der Waals surface area contributed by atoms with E-state index in [1.54, 1.807) is 50.5 Å². The molecule has 0 spiro atoms. The summed E-state index contributed by atoms with van der Waals surface area (Å²) in [7, 11) is -0.845. The number of fused-ring (bicyclic) bond motifs is 1. The summed E-state index contributed by atoms with van der Waals surface area (Å²) in [6, 6.07) is 1.57. The molecule has 1 N–H and O–H groups in total. The number of ether oxygens (including phenoxy) is 1. The van der Waals surface area contributed by atoms with Gasteiger partial charge in [0.25, 0.3) is 5.88 Å². The molecule has 5 rings (SSSR count). The summed E-state index contributed by atoms with van der Waals surface area (Å²) >= 11 is 6.38. The van der Waals surface area contributed by atoms with Crippen LogP contribution in [0.2, 0.25) is 5.15 Å². The highest BCUT2D eigenvalue weighted by atomic mass is 35.5. The third-order valence-corrected chi connectivity index (χ3v) is 8.50. The predicted molar refractivity (Wildman–Crippen MR) is 134 cm³/mol. The Morgan fingerprint density at radius 3 is 2.78 bits per heavy atom. The quantitative estimate of drug-likeness (QED) is 0.369. The van der Waals surface area contributed by atoms with E-state index in [0.717, 1.165) is 10.2 Å². The van der Waals surface area contributed by atoms with Gasteiger partial charge in [-0.2, -0.15) is 0 Å². The Labute approximate surface area is 211 Å². The number of pyridine rings is 1. The molecule has 186 valence electrons. The molecule has 13 heteroatoms. The standard InChI is InChI=1S/C23H21ClFN7O3S/c1-23(8-5-4-6-9-23)36(33,34)32-12-15(14-7-10-26-20(24)19(14)32)18-16(25)11-27-22(29-18)28-17-13-31(2)30-21(17)35-3/h4-8,10-13H,9H2,1-3H3,(H,27,28,29). The normalized spacial score (nSPS) is 17.6. The van der Waals surface area contributed by atoms with Crippen LogP contribution in [0.25, 0.3) is 22.2 Å². The first-order valence-corrected chi connectivity index (χ1v) is 12.6. The first kappa shape index (κ1) is 23.9. The number of halogens is 2. The highest BCUT2D eigenvalue weighted by Gasteiger charge is 2.39. The molecule has 36 heavy (non-hydrogen) atoms. The first-order chi connectivity index (χ1) is 17.1. The monoisotopic (exact) mass is 529 g/mol. The van der Waals surface area contributed by atoms with E-state index in [1.165, 1.54) is 24.2 Å². The molecular formula is C23H21ClFN7O3S. The van der Waals surface area contributed by atoms with E-state index in [-0.39, 0.29) is 34.3 Å². The summed E-state index contributed by atoms with van der Waals surface area (Å²) in [6.45, 7) is 1.62. The number of aryl methyl sites for hydroxylation is 1. The number of rotatable bonds is 6. The zero-order valence-corrected chi connectivity index (χ0v) is 21.0. The number of hydrogen-bond donors (Lipinski definition) is 1. The average molecular weight is 530 g/mol. The van der Waals surface area contributed by atoms with Crippen molar-refractivity contribution in [2.75, 3.05) is 12.4 Å². The summed E-state index contributed by atoms with van der Waals surface area (Å²) in [5.74, 6) is -0.376. The van der Waals surface area contributed by atoms with Crippen LogP contribution in [0.15, 0.2) is 55.2 Å². The molecule has 0 amide bonds. The first-order valence-electron chi connectivity index (χ1n) is 10.8. The molecule has 1 aliphatic carbocycles. The third-order valence-electron chi connectivity index (χ3n) is 5.94. The minimum atomic E-state index is -4.03. The van der Waals surface area contributed by atoms with Gasteiger partial charge in [0.15, 0.2) is 11.0 Å². The Hall–Kier alpha value is -3.77. The summed E-state index contributed by atoms with van der Waals surface area (Å²) in [5, 5.41) is 7.46. The lowest BCUT2D eigenvalue weighted by molar-refractivity contribution is 0.393. The van der Waals surface area contributed by atoms with E-state index in [4.69, 9.17) is 16.3 Å². The molecule has 0 fully saturated rings. The van der Waals surface area contributed by atoms with Crippen LogP contribution in [0.4, 0.5) is 16.0 Å². The van der Waals surface area contributed by atoms with Crippen LogP contribution in [0.3, 0.4) is 0 Å². The van der Waals surface area contributed by atoms with Gasteiger partial charge in [0.05, 0.1) is 19.5 Å². The maximum Gasteiger partial charge on any atom is 0.256 e. The fraction of sp³-hybridized carbons (Fsp3) is 0.217. The Bertz CT molecular complexity index is 1660. The van der Waals surface area contributed by atoms with Crippen molar-refractivity contribution in [3.05, 3.63) is 66.1 Å². The van der Waals surface area contributed by atoms with Crippen molar-refractivity contribution in [1.29, 1.82) is 0 Å². The topological polar surface area (TPSA) is 117 Å². The van der Waals surface area contributed by atoms with Crippen LogP contribution in [-0.4, -0.2) is 49.0 Å². The lowest BCUT2D eigenvalue weighted by Crippen LogP contribution is -2.37. The van der Waals surface area contributed by atoms with Crippen LogP contribution in [0.5, 0.6) is 5.88 Å². The summed E-state index contributed by atoms with van der Waals surface area (Å²) in [5.41, 5.74) is 0.721. The van der Waals surface area contributed by atoms with Crippen LogP contribution in [0, 0.1) is 5.82 Å². The number of anilines is 2. The summed E-state index contributed by atoms with van der Waals surface area (Å²) in [6.07, 6.45) is 12.5. The number of nitrogens with one attached hydrogen (secondary N) is 1. The number of allylic oxidation sites excluding steroid dienone is 3. The van der Waals surface area contributed by atoms with E-state index in [0.29, 0.717) is 17.0 Å². The van der Waals surface area contributed by atoms with Crippen molar-refractivity contribution in [2.45, 2.75) is 18.1 Å². The Morgan fingerprint density at radius 2 is 2.06 bits per heavy atom. The van der Waals surface area contributed by atoms with Gasteiger partial charge >= 0.3 is 0 Å². The zero-order chi connectivity index (χ0) is 25.7. The molecular weight excluding hydrogens is 509 g/mol. The molecule has 1 aliphatic rings. The van der Waals surface area contributed by atoms with E-state index in [1.807, 2.05) is 0 Å². The Balaban J connectivity index is 1.68. The molecule has 0 aliphatic heterocycles. The summed E-state index contributed by atoms with van der Waals surface area (Å²) in [4.78, 5) is 12.4. The molecule has 0 saturated heterocycles. The van der Waals surface area contributed by atoms with Crippen molar-refractivity contribution in [3.63, 3.8) is 0 Å². The van der Waals surface area contributed by atoms with Gasteiger partial charge in [-0.25, -0.2) is 31.7 Å². The van der Waals surface area contributed by atoms with Gasteiger partial charge in [-0.15, -0.1) is 5.10 Å². The smallest absolute Gasteiger partial charge is 0.256 e. The maximum atomic E-state index is 15.1. The van der Waals surface area contributed by atoms with Gasteiger partial charge in [-0.05, 0) is 19.4 Å². The average Bonchev–Trinajstić information content (AvgIpc) is 3.42. The van der Waals surface area contributed by atoms with Gasteiger partial charge in [0.2, 0.25) is 16.0 Å². The molecule has 4 aromatic heterocycles. The van der Waals surface area contributed by atoms with Crippen molar-refractivity contribution >= 4 is 44.2 Å². The van der Waals surface area contributed by atoms with Crippen LogP contribution in [-0.2, 0) is 17.1 Å². The molecule has 4 aromatic rings. The van der Waals surface area contributed by atoms with Crippen LogP contribution >= 0.6 is 11.6 Å². The molecule has 10 nitrogen and oxygen atoms in total. The second-order valence-electron chi connectivity index (χ2n) is 8.39. The van der Waals surface area contributed by atoms with Gasteiger partial charge in [0.1, 0.15) is 21.6 Å². The highest BCUT2D eigenvalue weighted by molar-refractivity contribution is 7.91. The van der Waals surface area contributed by atoms with Crippen molar-refractivity contribution in [1.82, 2.24) is 28.7 Å². The van der Waals surface area contributed by atoms with E-state index < -0.39 is 20.6 Å². The molecule has 0 bridgehead atoms. The minimum Gasteiger partial charge on any atom is -0.478 e. The van der Waals surface area contributed by atoms with Gasteiger partial charge in [-0.1, -0.05) is 35.9 Å². The van der Waals surface area contributed by atoms with Crippen LogP contribution < -0.4 is 10.1 Å². The van der Waals surface area contributed by atoms with Crippen molar-refractivity contribution in [3.8, 4) is 17.1 Å². The van der Waals surface area contributed by atoms with Crippen molar-refractivity contribution in [2.24, 2.45) is 7.05 Å². The number of methoxy groups -OCH3 is 1.